The zero-order valence-electron chi connectivity index (χ0n) is 13.1. The van der Waals surface area contributed by atoms with E-state index in [4.69, 9.17) is 0 Å². The van der Waals surface area contributed by atoms with E-state index in [1.54, 1.807) is 37.3 Å². The van der Waals surface area contributed by atoms with Crippen molar-refractivity contribution in [3.05, 3.63) is 41.3 Å². The van der Waals surface area contributed by atoms with Crippen LogP contribution < -0.4 is 15.4 Å². The van der Waals surface area contributed by atoms with E-state index in [2.05, 4.69) is 15.4 Å². The summed E-state index contributed by atoms with van der Waals surface area (Å²) in [5, 5.41) is 5.18. The lowest BCUT2D eigenvalue weighted by Crippen LogP contribution is -2.32. The smallest absolute Gasteiger partial charge is 0.250 e. The summed E-state index contributed by atoms with van der Waals surface area (Å²) in [4.78, 5) is 23.7. The maximum absolute atomic E-state index is 12.0. The maximum Gasteiger partial charge on any atom is 0.250 e. The number of aryl methyl sites for hydroxylation is 1. The average Bonchev–Trinajstić information content (AvgIpc) is 2.94. The number of carbonyl (C=O) groups excluding carboxylic acids is 2. The van der Waals surface area contributed by atoms with Gasteiger partial charge >= 0.3 is 0 Å². The van der Waals surface area contributed by atoms with Crippen LogP contribution in [-0.2, 0) is 19.6 Å². The van der Waals surface area contributed by atoms with Gasteiger partial charge in [0, 0.05) is 23.2 Å². The van der Waals surface area contributed by atoms with Gasteiger partial charge in [-0.2, -0.15) is 0 Å². The van der Waals surface area contributed by atoms with Crippen LogP contribution >= 0.6 is 11.3 Å². The van der Waals surface area contributed by atoms with Crippen LogP contribution in [0, 0.1) is 6.92 Å². The molecule has 0 radical (unpaired) electrons. The number of sulfonamides is 1. The van der Waals surface area contributed by atoms with E-state index in [1.807, 2.05) is 0 Å². The van der Waals surface area contributed by atoms with E-state index in [-0.39, 0.29) is 16.7 Å². The Hall–Kier alpha value is -2.23. The molecule has 0 fully saturated rings. The van der Waals surface area contributed by atoms with Crippen LogP contribution in [-0.4, -0.2) is 26.8 Å². The first-order chi connectivity index (χ1) is 11.3. The van der Waals surface area contributed by atoms with Crippen LogP contribution in [0.2, 0.25) is 0 Å². The van der Waals surface area contributed by atoms with Crippen molar-refractivity contribution in [3.8, 4) is 0 Å². The van der Waals surface area contributed by atoms with Crippen LogP contribution in [0.4, 0.5) is 11.4 Å². The Labute approximate surface area is 144 Å². The van der Waals surface area contributed by atoms with Gasteiger partial charge < -0.3 is 10.6 Å². The first kappa shape index (κ1) is 18.1. The zero-order chi connectivity index (χ0) is 17.7. The lowest BCUT2D eigenvalue weighted by molar-refractivity contribution is -0.115. The second kappa shape index (κ2) is 7.56. The highest BCUT2D eigenvalue weighted by Crippen LogP contribution is 2.20. The van der Waals surface area contributed by atoms with Crippen molar-refractivity contribution < 1.29 is 18.0 Å². The normalized spacial score (nSPS) is 11.1. The van der Waals surface area contributed by atoms with Gasteiger partial charge in [-0.05, 0) is 43.3 Å². The Bertz CT molecular complexity index is 842. The monoisotopic (exact) mass is 367 g/mol. The maximum atomic E-state index is 12.0. The summed E-state index contributed by atoms with van der Waals surface area (Å²) in [6.07, 6.45) is 0. The fourth-order valence-electron chi connectivity index (χ4n) is 1.83. The van der Waals surface area contributed by atoms with Crippen molar-refractivity contribution in [2.75, 3.05) is 17.2 Å². The van der Waals surface area contributed by atoms with Crippen LogP contribution in [0.25, 0.3) is 0 Å². The third-order valence-corrected chi connectivity index (χ3v) is 5.79. The Balaban J connectivity index is 1.90. The molecule has 0 aliphatic rings. The van der Waals surface area contributed by atoms with E-state index < -0.39 is 15.9 Å². The first-order valence-corrected chi connectivity index (χ1v) is 9.30. The number of rotatable bonds is 6. The third-order valence-electron chi connectivity index (χ3n) is 2.89. The minimum Gasteiger partial charge on any atom is -0.326 e. The highest BCUT2D eigenvalue weighted by atomic mass is 32.2. The number of benzene rings is 1. The molecule has 1 aromatic carbocycles. The molecule has 3 N–H and O–H groups in total. The summed E-state index contributed by atoms with van der Waals surface area (Å²) >= 11 is 1.14. The molecular weight excluding hydrogens is 350 g/mol. The third kappa shape index (κ3) is 5.15. The van der Waals surface area contributed by atoms with Crippen LogP contribution in [0.15, 0.2) is 40.6 Å². The molecule has 1 heterocycles. The number of nitrogens with one attached hydrogen (secondary N) is 3. The van der Waals surface area contributed by atoms with Gasteiger partial charge in [-0.3, -0.25) is 9.59 Å². The topological polar surface area (TPSA) is 104 Å². The van der Waals surface area contributed by atoms with Gasteiger partial charge in [-0.15, -0.1) is 11.3 Å². The van der Waals surface area contributed by atoms with Crippen molar-refractivity contribution in [3.63, 3.8) is 0 Å². The van der Waals surface area contributed by atoms with Crippen molar-refractivity contribution >= 4 is 44.5 Å². The molecule has 128 valence electrons. The van der Waals surface area contributed by atoms with Crippen LogP contribution in [0.1, 0.15) is 11.8 Å². The number of carbonyl (C=O) groups is 2. The molecule has 9 heteroatoms. The van der Waals surface area contributed by atoms with Gasteiger partial charge in [0.1, 0.15) is 4.21 Å². The Morgan fingerprint density at radius 3 is 2.08 bits per heavy atom. The molecule has 2 rings (SSSR count). The highest BCUT2D eigenvalue weighted by Gasteiger charge is 2.17. The highest BCUT2D eigenvalue weighted by molar-refractivity contribution is 7.91. The molecule has 0 aliphatic heterocycles. The Morgan fingerprint density at radius 2 is 1.58 bits per heavy atom. The lowest BCUT2D eigenvalue weighted by atomic mass is 10.2. The SMILES string of the molecule is CC(=O)Nc1ccc(NC(=O)CNS(=O)(=O)c2ccc(C)s2)cc1. The summed E-state index contributed by atoms with van der Waals surface area (Å²) in [5.41, 5.74) is 1.11. The standard InChI is InChI=1S/C15H17N3O4S2/c1-10-3-8-15(23-10)24(21,22)16-9-14(20)18-13-6-4-12(5-7-13)17-11(2)19/h3-8,16H,9H2,1-2H3,(H,17,19)(H,18,20). The summed E-state index contributed by atoms with van der Waals surface area (Å²) in [6.45, 7) is 2.84. The second-order valence-corrected chi connectivity index (χ2v) is 8.28. The summed E-state index contributed by atoms with van der Waals surface area (Å²) in [7, 11) is -3.69. The van der Waals surface area contributed by atoms with E-state index in [0.717, 1.165) is 16.2 Å². The Morgan fingerprint density at radius 1 is 1.00 bits per heavy atom. The van der Waals surface area contributed by atoms with Gasteiger partial charge in [0.05, 0.1) is 6.54 Å². The molecule has 2 aromatic rings. The average molecular weight is 367 g/mol. The predicted octanol–water partition coefficient (Wildman–Crippen LogP) is 1.93. The number of hydrogen-bond acceptors (Lipinski definition) is 5. The quantitative estimate of drug-likeness (QED) is 0.725. The largest absolute Gasteiger partial charge is 0.326 e. The summed E-state index contributed by atoms with van der Waals surface area (Å²) < 4.78 is 26.5. The molecular formula is C15H17N3O4S2. The predicted molar refractivity (Wildman–Crippen MR) is 93.6 cm³/mol. The lowest BCUT2D eigenvalue weighted by Gasteiger charge is -2.08. The van der Waals surface area contributed by atoms with E-state index >= 15 is 0 Å². The molecule has 0 aliphatic carbocycles. The molecule has 0 unspecified atom stereocenters. The zero-order valence-corrected chi connectivity index (χ0v) is 14.8. The minimum absolute atomic E-state index is 0.174. The fraction of sp³-hybridized carbons (Fsp3) is 0.200. The van der Waals surface area contributed by atoms with Gasteiger partial charge in [-0.1, -0.05) is 0 Å². The molecule has 0 saturated heterocycles. The molecule has 0 spiro atoms. The van der Waals surface area contributed by atoms with Crippen LogP contribution in [0.3, 0.4) is 0 Å². The number of amides is 2. The van der Waals surface area contributed by atoms with Gasteiger partial charge in [0.2, 0.25) is 11.8 Å². The fourth-order valence-corrected chi connectivity index (χ4v) is 4.14. The van der Waals surface area contributed by atoms with E-state index in [1.165, 1.54) is 13.0 Å². The summed E-state index contributed by atoms with van der Waals surface area (Å²) in [6, 6.07) is 9.70. The number of hydrogen-bond donors (Lipinski definition) is 3. The number of thiophene rings is 1. The molecule has 1 aromatic heterocycles. The number of anilines is 2. The van der Waals surface area contributed by atoms with Crippen molar-refractivity contribution in [1.82, 2.24) is 4.72 Å². The molecule has 0 bridgehead atoms. The van der Waals surface area contributed by atoms with Crippen LogP contribution in [0.5, 0.6) is 0 Å². The van der Waals surface area contributed by atoms with E-state index in [9.17, 15) is 18.0 Å². The molecule has 0 atom stereocenters. The first-order valence-electron chi connectivity index (χ1n) is 7.00. The minimum atomic E-state index is -3.69. The summed E-state index contributed by atoms with van der Waals surface area (Å²) in [5.74, 6) is -0.677. The van der Waals surface area contributed by atoms with Crippen molar-refractivity contribution in [1.29, 1.82) is 0 Å². The van der Waals surface area contributed by atoms with Gasteiger partial charge in [0.25, 0.3) is 10.0 Å². The van der Waals surface area contributed by atoms with Gasteiger partial charge in [-0.25, -0.2) is 13.1 Å². The van der Waals surface area contributed by atoms with E-state index in [0.29, 0.717) is 11.4 Å². The molecule has 24 heavy (non-hydrogen) atoms. The Kier molecular flexibility index (Phi) is 5.71. The van der Waals surface area contributed by atoms with Gasteiger partial charge in [0.15, 0.2) is 0 Å². The molecule has 2 amide bonds. The van der Waals surface area contributed by atoms with Crippen molar-refractivity contribution in [2.24, 2.45) is 0 Å². The molecule has 0 saturated carbocycles. The molecule has 7 nitrogen and oxygen atoms in total. The second-order valence-electron chi connectivity index (χ2n) is 5.00. The van der Waals surface area contributed by atoms with Crippen molar-refractivity contribution in [2.45, 2.75) is 18.1 Å².